The van der Waals surface area contributed by atoms with Crippen molar-refractivity contribution in [3.05, 3.63) is 60.3 Å². The molecule has 1 N–H and O–H groups in total. The minimum atomic E-state index is 0.672. The molecule has 3 rings (SSSR count). The average Bonchev–Trinajstić information content (AvgIpc) is 2.98. The predicted octanol–water partition coefficient (Wildman–Crippen LogP) is 3.29. The number of ether oxygens (including phenoxy) is 1. The van der Waals surface area contributed by atoms with Crippen molar-refractivity contribution in [3.63, 3.8) is 0 Å². The molecule has 0 spiro atoms. The van der Waals surface area contributed by atoms with Gasteiger partial charge in [-0.15, -0.1) is 0 Å². The number of aromatic nitrogens is 2. The first-order valence-corrected chi connectivity index (χ1v) is 7.09. The van der Waals surface area contributed by atoms with Crippen LogP contribution in [0.2, 0.25) is 0 Å². The van der Waals surface area contributed by atoms with Crippen LogP contribution in [0.15, 0.2) is 54.7 Å². The molecule has 0 radical (unpaired) electrons. The van der Waals surface area contributed by atoms with E-state index in [1.807, 2.05) is 16.9 Å². The van der Waals surface area contributed by atoms with Gasteiger partial charge in [-0.2, -0.15) is 5.10 Å². The molecule has 0 amide bonds. The highest BCUT2D eigenvalue weighted by Gasteiger charge is 2.00. The molecule has 0 fully saturated rings. The van der Waals surface area contributed by atoms with Crippen molar-refractivity contribution in [1.29, 1.82) is 0 Å². The molecule has 1 aromatic heterocycles. The van der Waals surface area contributed by atoms with E-state index in [2.05, 4.69) is 52.9 Å². The highest BCUT2D eigenvalue weighted by Crippen LogP contribution is 2.16. The Labute approximate surface area is 124 Å². The molecule has 0 saturated carbocycles. The van der Waals surface area contributed by atoms with E-state index < -0.39 is 0 Å². The molecule has 0 aliphatic carbocycles. The van der Waals surface area contributed by atoms with Crippen LogP contribution < -0.4 is 5.32 Å². The van der Waals surface area contributed by atoms with E-state index in [9.17, 15) is 0 Å². The summed E-state index contributed by atoms with van der Waals surface area (Å²) in [6.07, 6.45) is 1.96. The molecule has 0 bridgehead atoms. The topological polar surface area (TPSA) is 39.1 Å². The monoisotopic (exact) mass is 281 g/mol. The molecule has 0 aliphatic heterocycles. The number of hydrogen-bond donors (Lipinski definition) is 1. The van der Waals surface area contributed by atoms with Crippen molar-refractivity contribution < 1.29 is 4.74 Å². The van der Waals surface area contributed by atoms with Gasteiger partial charge in [-0.05, 0) is 22.4 Å². The van der Waals surface area contributed by atoms with Crippen molar-refractivity contribution in [1.82, 2.24) is 9.78 Å². The third kappa shape index (κ3) is 3.41. The van der Waals surface area contributed by atoms with Crippen molar-refractivity contribution >= 4 is 16.6 Å². The van der Waals surface area contributed by atoms with Crippen LogP contribution in [0.1, 0.15) is 5.56 Å². The van der Waals surface area contributed by atoms with Crippen molar-refractivity contribution in [2.24, 2.45) is 0 Å². The van der Waals surface area contributed by atoms with E-state index in [0.29, 0.717) is 6.61 Å². The quantitative estimate of drug-likeness (QED) is 0.753. The number of nitrogens with zero attached hydrogens (tertiary/aromatic N) is 2. The molecule has 21 heavy (non-hydrogen) atoms. The van der Waals surface area contributed by atoms with Gasteiger partial charge in [0.05, 0.1) is 13.2 Å². The zero-order valence-corrected chi connectivity index (χ0v) is 12.1. The van der Waals surface area contributed by atoms with Gasteiger partial charge < -0.3 is 10.1 Å². The zero-order valence-electron chi connectivity index (χ0n) is 12.1. The number of nitrogens with one attached hydrogen (secondary N) is 1. The summed E-state index contributed by atoms with van der Waals surface area (Å²) in [6.45, 7) is 2.21. The summed E-state index contributed by atoms with van der Waals surface area (Å²) in [7, 11) is 1.70. The molecule has 108 valence electrons. The number of methoxy groups -OCH3 is 1. The highest BCUT2D eigenvalue weighted by atomic mass is 16.5. The van der Waals surface area contributed by atoms with Gasteiger partial charge in [-0.3, -0.25) is 4.68 Å². The summed E-state index contributed by atoms with van der Waals surface area (Å²) in [6, 6.07) is 16.9. The zero-order chi connectivity index (χ0) is 14.5. The summed E-state index contributed by atoms with van der Waals surface area (Å²) in [5, 5.41) is 10.3. The Kier molecular flexibility index (Phi) is 4.17. The van der Waals surface area contributed by atoms with Crippen LogP contribution >= 0.6 is 0 Å². The minimum Gasteiger partial charge on any atom is -0.383 e. The summed E-state index contributed by atoms with van der Waals surface area (Å²) >= 11 is 0. The summed E-state index contributed by atoms with van der Waals surface area (Å²) in [5.74, 6) is 0.888. The van der Waals surface area contributed by atoms with Gasteiger partial charge in [-0.25, -0.2) is 0 Å². The second-order valence-corrected chi connectivity index (χ2v) is 4.99. The van der Waals surface area contributed by atoms with Gasteiger partial charge >= 0.3 is 0 Å². The smallest absolute Gasteiger partial charge is 0.148 e. The Balaban J connectivity index is 1.64. The van der Waals surface area contributed by atoms with E-state index >= 15 is 0 Å². The molecule has 0 aliphatic rings. The molecular weight excluding hydrogens is 262 g/mol. The fourth-order valence-electron chi connectivity index (χ4n) is 2.31. The van der Waals surface area contributed by atoms with Crippen LogP contribution in [0.5, 0.6) is 0 Å². The van der Waals surface area contributed by atoms with Gasteiger partial charge in [0.1, 0.15) is 5.82 Å². The average molecular weight is 281 g/mol. The predicted molar refractivity (Wildman–Crippen MR) is 85.4 cm³/mol. The van der Waals surface area contributed by atoms with E-state index in [1.165, 1.54) is 16.3 Å². The van der Waals surface area contributed by atoms with E-state index in [-0.39, 0.29) is 0 Å². The normalized spacial score (nSPS) is 10.9. The van der Waals surface area contributed by atoms with Gasteiger partial charge in [0.25, 0.3) is 0 Å². The van der Waals surface area contributed by atoms with Gasteiger partial charge in [-0.1, -0.05) is 36.4 Å². The first-order valence-electron chi connectivity index (χ1n) is 7.09. The molecule has 0 atom stereocenters. The Morgan fingerprint density at radius 2 is 1.95 bits per heavy atom. The van der Waals surface area contributed by atoms with E-state index in [1.54, 1.807) is 7.11 Å². The SMILES string of the molecule is COCCn1ccc(NCc2ccc3ccccc3c2)n1. The Morgan fingerprint density at radius 3 is 2.81 bits per heavy atom. The second-order valence-electron chi connectivity index (χ2n) is 4.99. The van der Waals surface area contributed by atoms with Crippen molar-refractivity contribution in [2.75, 3.05) is 19.0 Å². The minimum absolute atomic E-state index is 0.672. The van der Waals surface area contributed by atoms with Crippen LogP contribution in [0.25, 0.3) is 10.8 Å². The Morgan fingerprint density at radius 1 is 1.10 bits per heavy atom. The molecular formula is C17H19N3O. The van der Waals surface area contributed by atoms with E-state index in [4.69, 9.17) is 4.74 Å². The molecule has 0 saturated heterocycles. The number of fused-ring (bicyclic) bond motifs is 1. The third-order valence-electron chi connectivity index (χ3n) is 3.45. The van der Waals surface area contributed by atoms with Crippen LogP contribution in [0.4, 0.5) is 5.82 Å². The van der Waals surface area contributed by atoms with Gasteiger partial charge in [0, 0.05) is 25.9 Å². The maximum atomic E-state index is 5.04. The number of hydrogen-bond acceptors (Lipinski definition) is 3. The van der Waals surface area contributed by atoms with Crippen LogP contribution in [0.3, 0.4) is 0 Å². The molecule has 3 aromatic rings. The summed E-state index contributed by atoms with van der Waals surface area (Å²) in [5.41, 5.74) is 1.25. The lowest BCUT2D eigenvalue weighted by atomic mass is 10.1. The molecule has 4 heteroatoms. The van der Waals surface area contributed by atoms with Gasteiger partial charge in [0.2, 0.25) is 0 Å². The molecule has 2 aromatic carbocycles. The third-order valence-corrected chi connectivity index (χ3v) is 3.45. The lowest BCUT2D eigenvalue weighted by molar-refractivity contribution is 0.183. The number of benzene rings is 2. The lowest BCUT2D eigenvalue weighted by Gasteiger charge is -2.05. The molecule has 1 heterocycles. The van der Waals surface area contributed by atoms with Crippen molar-refractivity contribution in [3.8, 4) is 0 Å². The standard InChI is InChI=1S/C17H19N3O/c1-21-11-10-20-9-8-17(19-20)18-13-14-6-7-15-4-2-3-5-16(15)12-14/h2-9,12H,10-11,13H2,1H3,(H,18,19). The maximum absolute atomic E-state index is 5.04. The Bertz CT molecular complexity index is 721. The number of anilines is 1. The molecule has 4 nitrogen and oxygen atoms in total. The molecule has 0 unspecified atom stereocenters. The summed E-state index contributed by atoms with van der Waals surface area (Å²) in [4.78, 5) is 0. The first kappa shape index (κ1) is 13.6. The fourth-order valence-corrected chi connectivity index (χ4v) is 2.31. The maximum Gasteiger partial charge on any atom is 0.148 e. The van der Waals surface area contributed by atoms with Crippen LogP contribution in [-0.4, -0.2) is 23.5 Å². The van der Waals surface area contributed by atoms with Gasteiger partial charge in [0.15, 0.2) is 0 Å². The lowest BCUT2D eigenvalue weighted by Crippen LogP contribution is -2.06. The van der Waals surface area contributed by atoms with Crippen LogP contribution in [0, 0.1) is 0 Å². The second kappa shape index (κ2) is 6.41. The van der Waals surface area contributed by atoms with E-state index in [0.717, 1.165) is 18.9 Å². The largest absolute Gasteiger partial charge is 0.383 e. The number of rotatable bonds is 6. The highest BCUT2D eigenvalue weighted by molar-refractivity contribution is 5.83. The summed E-state index contributed by atoms with van der Waals surface area (Å²) < 4.78 is 6.93. The fraction of sp³-hybridized carbons (Fsp3) is 0.235. The van der Waals surface area contributed by atoms with Crippen molar-refractivity contribution in [2.45, 2.75) is 13.1 Å². The van der Waals surface area contributed by atoms with Crippen LogP contribution in [-0.2, 0) is 17.8 Å². The first-order chi connectivity index (χ1) is 10.3. The Hall–Kier alpha value is -2.33.